The molecule has 0 N–H and O–H groups in total. The van der Waals surface area contributed by atoms with Gasteiger partial charge in [0.1, 0.15) is 0 Å². The van der Waals surface area contributed by atoms with Gasteiger partial charge in [-0.1, -0.05) is 19.8 Å². The molecule has 0 bridgehead atoms. The fourth-order valence-electron chi connectivity index (χ4n) is 3.25. The predicted molar refractivity (Wildman–Crippen MR) is 66.6 cm³/mol. The zero-order chi connectivity index (χ0) is 11.6. The fraction of sp³-hybridized carbons (Fsp3) is 0.923. The summed E-state index contributed by atoms with van der Waals surface area (Å²) < 4.78 is 0. The van der Waals surface area contributed by atoms with Gasteiger partial charge in [-0.15, -0.1) is 11.6 Å². The molecule has 1 heterocycles. The van der Waals surface area contributed by atoms with E-state index in [-0.39, 0.29) is 5.41 Å². The van der Waals surface area contributed by atoms with Crippen LogP contribution in [0, 0.1) is 11.3 Å². The molecule has 2 nitrogen and oxygen atoms in total. The topological polar surface area (TPSA) is 20.3 Å². The number of hydrogen-bond acceptors (Lipinski definition) is 1. The summed E-state index contributed by atoms with van der Waals surface area (Å²) in [6.45, 7) is 3.99. The molecule has 1 amide bonds. The molecule has 0 aromatic rings. The minimum atomic E-state index is -0.0127. The van der Waals surface area contributed by atoms with E-state index in [0.717, 1.165) is 38.8 Å². The van der Waals surface area contributed by atoms with Crippen molar-refractivity contribution in [2.24, 2.45) is 11.3 Å². The molecule has 1 saturated heterocycles. The van der Waals surface area contributed by atoms with Gasteiger partial charge in [0.2, 0.25) is 5.91 Å². The molecule has 1 atom stereocenters. The first kappa shape index (κ1) is 12.2. The molecule has 1 aliphatic carbocycles. The summed E-state index contributed by atoms with van der Waals surface area (Å²) in [4.78, 5) is 14.6. The van der Waals surface area contributed by atoms with E-state index in [9.17, 15) is 4.79 Å². The lowest BCUT2D eigenvalue weighted by molar-refractivity contribution is -0.141. The first-order valence-electron chi connectivity index (χ1n) is 6.57. The van der Waals surface area contributed by atoms with Crippen molar-refractivity contribution in [1.29, 1.82) is 0 Å². The number of nitrogens with zero attached hydrogens (tertiary/aromatic N) is 1. The Kier molecular flexibility index (Phi) is 3.78. The van der Waals surface area contributed by atoms with E-state index in [1.807, 2.05) is 0 Å². The van der Waals surface area contributed by atoms with E-state index in [2.05, 4.69) is 11.8 Å². The Morgan fingerprint density at radius 2 is 2.12 bits per heavy atom. The Morgan fingerprint density at radius 1 is 1.44 bits per heavy atom. The van der Waals surface area contributed by atoms with Crippen LogP contribution in [0.5, 0.6) is 0 Å². The summed E-state index contributed by atoms with van der Waals surface area (Å²) in [7, 11) is 0. The number of carbonyl (C=O) groups excluding carboxylic acids is 1. The summed E-state index contributed by atoms with van der Waals surface area (Å²) in [5.41, 5.74) is -0.0127. The van der Waals surface area contributed by atoms with Crippen LogP contribution in [0.15, 0.2) is 0 Å². The summed E-state index contributed by atoms with van der Waals surface area (Å²) in [5.74, 6) is 1.64. The normalized spacial score (nSPS) is 28.6. The maximum Gasteiger partial charge on any atom is 0.228 e. The second-order valence-electron chi connectivity index (χ2n) is 5.40. The molecule has 2 aliphatic rings. The summed E-state index contributed by atoms with van der Waals surface area (Å²) >= 11 is 5.87. The first-order valence-corrected chi connectivity index (χ1v) is 7.10. The molecular formula is C13H22ClNO. The van der Waals surface area contributed by atoms with Gasteiger partial charge >= 0.3 is 0 Å². The molecule has 1 aliphatic heterocycles. The van der Waals surface area contributed by atoms with Crippen LogP contribution in [0.4, 0.5) is 0 Å². The van der Waals surface area contributed by atoms with Gasteiger partial charge in [0.25, 0.3) is 0 Å². The SMILES string of the molecule is CCC1(C(=O)N2CCC(CCl)C2)CCCC1. The van der Waals surface area contributed by atoms with Crippen molar-refractivity contribution in [3.8, 4) is 0 Å². The van der Waals surface area contributed by atoms with Gasteiger partial charge in [-0.05, 0) is 31.6 Å². The van der Waals surface area contributed by atoms with Gasteiger partial charge in [-0.2, -0.15) is 0 Å². The van der Waals surface area contributed by atoms with Crippen molar-refractivity contribution in [3.63, 3.8) is 0 Å². The molecule has 16 heavy (non-hydrogen) atoms. The molecule has 0 aromatic carbocycles. The third-order valence-electron chi connectivity index (χ3n) is 4.48. The molecule has 1 saturated carbocycles. The van der Waals surface area contributed by atoms with E-state index in [1.165, 1.54) is 12.8 Å². The lowest BCUT2D eigenvalue weighted by Crippen LogP contribution is -2.41. The second-order valence-corrected chi connectivity index (χ2v) is 5.71. The molecular weight excluding hydrogens is 222 g/mol. The average Bonchev–Trinajstić information content (AvgIpc) is 2.98. The van der Waals surface area contributed by atoms with Crippen LogP contribution in [0.3, 0.4) is 0 Å². The average molecular weight is 244 g/mol. The van der Waals surface area contributed by atoms with E-state index < -0.39 is 0 Å². The summed E-state index contributed by atoms with van der Waals surface area (Å²) in [5, 5.41) is 0. The maximum atomic E-state index is 12.5. The molecule has 3 heteroatoms. The Balaban J connectivity index is 2.01. The van der Waals surface area contributed by atoms with Gasteiger partial charge < -0.3 is 4.90 Å². The van der Waals surface area contributed by atoms with Crippen LogP contribution < -0.4 is 0 Å². The zero-order valence-corrected chi connectivity index (χ0v) is 10.9. The third kappa shape index (κ3) is 2.09. The maximum absolute atomic E-state index is 12.5. The Morgan fingerprint density at radius 3 is 2.62 bits per heavy atom. The van der Waals surface area contributed by atoms with Crippen LogP contribution in [0.25, 0.3) is 0 Å². The molecule has 0 radical (unpaired) electrons. The van der Waals surface area contributed by atoms with Gasteiger partial charge in [-0.3, -0.25) is 4.79 Å². The van der Waals surface area contributed by atoms with Crippen LogP contribution in [-0.2, 0) is 4.79 Å². The molecule has 2 rings (SSSR count). The van der Waals surface area contributed by atoms with Crippen molar-refractivity contribution < 1.29 is 4.79 Å². The highest BCUT2D eigenvalue weighted by Crippen LogP contribution is 2.43. The number of carbonyl (C=O) groups is 1. The zero-order valence-electron chi connectivity index (χ0n) is 10.2. The van der Waals surface area contributed by atoms with Crippen molar-refractivity contribution in [2.45, 2.75) is 45.4 Å². The highest BCUT2D eigenvalue weighted by Gasteiger charge is 2.43. The molecule has 2 fully saturated rings. The van der Waals surface area contributed by atoms with Crippen molar-refractivity contribution >= 4 is 17.5 Å². The Hall–Kier alpha value is -0.240. The number of likely N-dealkylation sites (tertiary alicyclic amines) is 1. The van der Waals surface area contributed by atoms with Gasteiger partial charge in [0.15, 0.2) is 0 Å². The number of halogens is 1. The largest absolute Gasteiger partial charge is 0.342 e. The lowest BCUT2D eigenvalue weighted by atomic mass is 9.82. The third-order valence-corrected chi connectivity index (χ3v) is 4.92. The predicted octanol–water partition coefficient (Wildman–Crippen LogP) is 3.04. The molecule has 1 unspecified atom stereocenters. The van der Waals surface area contributed by atoms with Crippen LogP contribution in [0.1, 0.15) is 45.4 Å². The van der Waals surface area contributed by atoms with Crippen molar-refractivity contribution in [1.82, 2.24) is 4.90 Å². The highest BCUT2D eigenvalue weighted by atomic mass is 35.5. The molecule has 0 aromatic heterocycles. The highest BCUT2D eigenvalue weighted by molar-refractivity contribution is 6.18. The van der Waals surface area contributed by atoms with Crippen LogP contribution in [0.2, 0.25) is 0 Å². The van der Waals surface area contributed by atoms with Gasteiger partial charge in [-0.25, -0.2) is 0 Å². The van der Waals surface area contributed by atoms with E-state index in [0.29, 0.717) is 17.7 Å². The van der Waals surface area contributed by atoms with E-state index in [4.69, 9.17) is 11.6 Å². The fourth-order valence-corrected chi connectivity index (χ4v) is 3.50. The minimum absolute atomic E-state index is 0.0127. The standard InChI is InChI=1S/C13H22ClNO/c1-2-13(6-3-4-7-13)12(16)15-8-5-11(9-14)10-15/h11H,2-10H2,1H3. The minimum Gasteiger partial charge on any atom is -0.342 e. The smallest absolute Gasteiger partial charge is 0.228 e. The second kappa shape index (κ2) is 4.95. The van der Waals surface area contributed by atoms with Crippen LogP contribution >= 0.6 is 11.6 Å². The number of alkyl halides is 1. The number of rotatable bonds is 3. The van der Waals surface area contributed by atoms with Crippen molar-refractivity contribution in [2.75, 3.05) is 19.0 Å². The number of hydrogen-bond donors (Lipinski definition) is 0. The van der Waals surface area contributed by atoms with E-state index >= 15 is 0 Å². The van der Waals surface area contributed by atoms with Gasteiger partial charge in [0, 0.05) is 24.4 Å². The molecule has 0 spiro atoms. The van der Waals surface area contributed by atoms with Crippen molar-refractivity contribution in [3.05, 3.63) is 0 Å². The number of amides is 1. The Labute approximate surface area is 103 Å². The first-order chi connectivity index (χ1) is 7.72. The summed E-state index contributed by atoms with van der Waals surface area (Å²) in [6, 6.07) is 0. The quantitative estimate of drug-likeness (QED) is 0.698. The van der Waals surface area contributed by atoms with Crippen LogP contribution in [-0.4, -0.2) is 29.8 Å². The van der Waals surface area contributed by atoms with Gasteiger partial charge in [0.05, 0.1) is 0 Å². The summed E-state index contributed by atoms with van der Waals surface area (Å²) in [6.07, 6.45) is 6.76. The monoisotopic (exact) mass is 243 g/mol. The lowest BCUT2D eigenvalue weighted by Gasteiger charge is -2.31. The van der Waals surface area contributed by atoms with E-state index in [1.54, 1.807) is 0 Å². The Bertz CT molecular complexity index is 261. The molecule has 92 valence electrons.